The van der Waals surface area contributed by atoms with Gasteiger partial charge in [0.2, 0.25) is 4.87 Å². The van der Waals surface area contributed by atoms with Gasteiger partial charge >= 0.3 is 0 Å². The molecular weight excluding hydrogens is 420 g/mol. The molecule has 1 N–H and O–H groups in total. The molecule has 0 bridgehead atoms. The van der Waals surface area contributed by atoms with E-state index < -0.39 is 4.87 Å². The SMILES string of the molecule is O=C1Nc2ccccc2C12SC1C(=NOC1c1ccc(Cl)cc1)N2c1ccccn1. The van der Waals surface area contributed by atoms with Crippen LogP contribution in [-0.2, 0) is 14.5 Å². The number of oxime groups is 1. The molecule has 1 fully saturated rings. The molecule has 3 aromatic rings. The fraction of sp³-hybridized carbons (Fsp3) is 0.136. The zero-order chi connectivity index (χ0) is 20.3. The standard InChI is InChI=1S/C22H15ClN4O2S/c23-14-10-8-13(9-11-14)18-19-20(26-29-18)27(17-7-3-4-12-24-17)22(30-19)15-5-1-2-6-16(15)25-21(22)28/h1-12,18-19H,(H,25,28). The van der Waals surface area contributed by atoms with Crippen LogP contribution in [0.3, 0.4) is 0 Å². The Morgan fingerprint density at radius 1 is 1.07 bits per heavy atom. The second kappa shape index (κ2) is 6.48. The van der Waals surface area contributed by atoms with Gasteiger partial charge in [0.15, 0.2) is 11.9 Å². The molecule has 30 heavy (non-hydrogen) atoms. The van der Waals surface area contributed by atoms with E-state index in [0.717, 1.165) is 16.8 Å². The lowest BCUT2D eigenvalue weighted by Crippen LogP contribution is -2.47. The molecule has 8 heteroatoms. The third-order valence-electron chi connectivity index (χ3n) is 5.56. The molecule has 1 saturated heterocycles. The maximum absolute atomic E-state index is 13.4. The first kappa shape index (κ1) is 17.8. The number of halogens is 1. The van der Waals surface area contributed by atoms with Crippen LogP contribution in [0.5, 0.6) is 0 Å². The lowest BCUT2D eigenvalue weighted by Gasteiger charge is -2.32. The number of pyridine rings is 1. The number of para-hydroxylation sites is 1. The summed E-state index contributed by atoms with van der Waals surface area (Å²) in [6, 6.07) is 20.9. The minimum atomic E-state index is -0.997. The quantitative estimate of drug-likeness (QED) is 0.641. The number of nitrogens with zero attached hydrogens (tertiary/aromatic N) is 3. The van der Waals surface area contributed by atoms with Crippen molar-refractivity contribution < 1.29 is 9.63 Å². The lowest BCUT2D eigenvalue weighted by molar-refractivity contribution is -0.117. The van der Waals surface area contributed by atoms with Gasteiger partial charge in [-0.15, -0.1) is 11.8 Å². The predicted octanol–water partition coefficient (Wildman–Crippen LogP) is 4.55. The summed E-state index contributed by atoms with van der Waals surface area (Å²) in [6.07, 6.45) is 1.39. The first-order valence-electron chi connectivity index (χ1n) is 9.48. The average Bonchev–Trinajstić information content (AvgIpc) is 3.41. The van der Waals surface area contributed by atoms with Gasteiger partial charge in [0, 0.05) is 22.5 Å². The molecule has 1 spiro atoms. The third kappa shape index (κ3) is 2.36. The van der Waals surface area contributed by atoms with Crippen LogP contribution in [0.4, 0.5) is 11.5 Å². The van der Waals surface area contributed by atoms with Crippen molar-refractivity contribution in [2.45, 2.75) is 16.2 Å². The number of carbonyl (C=O) groups is 1. The minimum Gasteiger partial charge on any atom is -0.384 e. The molecule has 1 aromatic heterocycles. The Hall–Kier alpha value is -3.03. The summed E-state index contributed by atoms with van der Waals surface area (Å²) in [5.74, 6) is 1.23. The summed E-state index contributed by atoms with van der Waals surface area (Å²) in [4.78, 5) is 24.7. The number of anilines is 2. The van der Waals surface area contributed by atoms with Crippen LogP contribution in [0.25, 0.3) is 0 Å². The fourth-order valence-electron chi connectivity index (χ4n) is 4.24. The van der Waals surface area contributed by atoms with Crippen LogP contribution in [0, 0.1) is 0 Å². The molecule has 0 saturated carbocycles. The van der Waals surface area contributed by atoms with E-state index in [1.807, 2.05) is 71.6 Å². The molecule has 2 aromatic carbocycles. The summed E-state index contributed by atoms with van der Waals surface area (Å²) in [5.41, 5.74) is 2.67. The largest absolute Gasteiger partial charge is 0.384 e. The van der Waals surface area contributed by atoms with Crippen molar-refractivity contribution in [1.82, 2.24) is 4.98 Å². The van der Waals surface area contributed by atoms with Crippen molar-refractivity contribution in [3.8, 4) is 0 Å². The van der Waals surface area contributed by atoms with E-state index in [4.69, 9.17) is 16.4 Å². The van der Waals surface area contributed by atoms with E-state index in [1.165, 1.54) is 11.8 Å². The van der Waals surface area contributed by atoms with Gasteiger partial charge in [-0.1, -0.05) is 53.2 Å². The average molecular weight is 435 g/mol. The van der Waals surface area contributed by atoms with Crippen molar-refractivity contribution in [1.29, 1.82) is 0 Å². The number of amides is 1. The Morgan fingerprint density at radius 3 is 2.67 bits per heavy atom. The highest BCUT2D eigenvalue weighted by molar-refractivity contribution is 8.03. The normalized spacial score (nSPS) is 26.2. The number of hydrogen-bond acceptors (Lipinski definition) is 6. The van der Waals surface area contributed by atoms with Gasteiger partial charge in [-0.3, -0.25) is 9.69 Å². The Bertz CT molecular complexity index is 1190. The topological polar surface area (TPSA) is 66.8 Å². The molecule has 1 amide bonds. The first-order chi connectivity index (χ1) is 14.7. The molecule has 6 nitrogen and oxygen atoms in total. The highest BCUT2D eigenvalue weighted by atomic mass is 35.5. The molecule has 0 aliphatic carbocycles. The summed E-state index contributed by atoms with van der Waals surface area (Å²) in [5, 5.41) is 7.95. The van der Waals surface area contributed by atoms with Gasteiger partial charge in [0.1, 0.15) is 11.1 Å². The Kier molecular flexibility index (Phi) is 3.85. The van der Waals surface area contributed by atoms with E-state index in [-0.39, 0.29) is 17.3 Å². The van der Waals surface area contributed by atoms with Gasteiger partial charge in [0.05, 0.1) is 0 Å². The molecule has 6 rings (SSSR count). The van der Waals surface area contributed by atoms with Crippen molar-refractivity contribution >= 4 is 46.6 Å². The van der Waals surface area contributed by atoms with E-state index in [9.17, 15) is 4.79 Å². The number of hydrogen-bond donors (Lipinski definition) is 1. The summed E-state index contributed by atoms with van der Waals surface area (Å²) in [7, 11) is 0. The number of benzene rings is 2. The van der Waals surface area contributed by atoms with Crippen LogP contribution in [0.2, 0.25) is 5.02 Å². The van der Waals surface area contributed by atoms with Crippen molar-refractivity contribution in [2.75, 3.05) is 10.2 Å². The number of rotatable bonds is 2. The maximum Gasteiger partial charge on any atom is 0.266 e. The Balaban J connectivity index is 1.52. The maximum atomic E-state index is 13.4. The number of amidine groups is 1. The Morgan fingerprint density at radius 2 is 1.87 bits per heavy atom. The van der Waals surface area contributed by atoms with Gasteiger partial charge in [-0.25, -0.2) is 4.98 Å². The molecule has 3 atom stereocenters. The summed E-state index contributed by atoms with van der Waals surface area (Å²) < 4.78 is 0. The number of fused-ring (bicyclic) bond motifs is 3. The third-order valence-corrected chi connectivity index (χ3v) is 7.45. The van der Waals surface area contributed by atoms with Gasteiger partial charge < -0.3 is 10.2 Å². The van der Waals surface area contributed by atoms with E-state index in [0.29, 0.717) is 16.7 Å². The zero-order valence-electron chi connectivity index (χ0n) is 15.5. The van der Waals surface area contributed by atoms with Crippen molar-refractivity contribution in [2.24, 2.45) is 5.16 Å². The molecule has 3 unspecified atom stereocenters. The number of thioether (sulfide) groups is 1. The minimum absolute atomic E-state index is 0.105. The number of carbonyl (C=O) groups excluding carboxylic acids is 1. The van der Waals surface area contributed by atoms with Crippen LogP contribution in [0.15, 0.2) is 78.1 Å². The lowest BCUT2D eigenvalue weighted by atomic mass is 10.0. The smallest absolute Gasteiger partial charge is 0.266 e. The Labute approximate surface area is 181 Å². The van der Waals surface area contributed by atoms with Gasteiger partial charge in [-0.2, -0.15) is 0 Å². The molecule has 4 heterocycles. The van der Waals surface area contributed by atoms with Crippen LogP contribution in [-0.4, -0.2) is 22.0 Å². The highest BCUT2D eigenvalue weighted by Crippen LogP contribution is 2.60. The van der Waals surface area contributed by atoms with Crippen molar-refractivity contribution in [3.63, 3.8) is 0 Å². The molecule has 0 radical (unpaired) electrons. The second-order valence-electron chi connectivity index (χ2n) is 7.23. The number of aromatic nitrogens is 1. The van der Waals surface area contributed by atoms with Gasteiger partial charge in [0.25, 0.3) is 5.91 Å². The molecular formula is C22H15ClN4O2S. The zero-order valence-corrected chi connectivity index (χ0v) is 17.1. The molecule has 148 valence electrons. The first-order valence-corrected chi connectivity index (χ1v) is 10.7. The van der Waals surface area contributed by atoms with Gasteiger partial charge in [-0.05, 0) is 35.9 Å². The summed E-state index contributed by atoms with van der Waals surface area (Å²) >= 11 is 7.60. The molecule has 3 aliphatic heterocycles. The second-order valence-corrected chi connectivity index (χ2v) is 9.00. The summed E-state index contributed by atoms with van der Waals surface area (Å²) in [6.45, 7) is 0. The highest BCUT2D eigenvalue weighted by Gasteiger charge is 2.64. The van der Waals surface area contributed by atoms with Crippen LogP contribution in [0.1, 0.15) is 17.2 Å². The van der Waals surface area contributed by atoms with Crippen LogP contribution < -0.4 is 10.2 Å². The predicted molar refractivity (Wildman–Crippen MR) is 118 cm³/mol. The van der Waals surface area contributed by atoms with Crippen LogP contribution >= 0.6 is 23.4 Å². The number of nitrogens with one attached hydrogen (secondary N) is 1. The fourth-order valence-corrected chi connectivity index (χ4v) is 6.08. The van der Waals surface area contributed by atoms with E-state index in [2.05, 4.69) is 15.5 Å². The monoisotopic (exact) mass is 434 g/mol. The molecule has 3 aliphatic rings. The van der Waals surface area contributed by atoms with Crippen molar-refractivity contribution in [3.05, 3.63) is 89.1 Å². The van der Waals surface area contributed by atoms with E-state index >= 15 is 0 Å². The van der Waals surface area contributed by atoms with E-state index in [1.54, 1.807) is 6.20 Å².